The zero-order valence-corrected chi connectivity index (χ0v) is 15.7. The average molecular weight is 362 g/mol. The smallest absolute Gasteiger partial charge is 0.253 e. The number of aromatic nitrogens is 1. The fourth-order valence-electron chi connectivity index (χ4n) is 4.10. The van der Waals surface area contributed by atoms with Crippen LogP contribution in [-0.2, 0) is 0 Å². The fraction of sp³-hybridized carbons (Fsp3) is 0.348. The van der Waals surface area contributed by atoms with Gasteiger partial charge in [-0.2, -0.15) is 0 Å². The number of H-pyrrole nitrogens is 1. The second-order valence-corrected chi connectivity index (χ2v) is 7.73. The van der Waals surface area contributed by atoms with Gasteiger partial charge in [0.15, 0.2) is 0 Å². The molecule has 1 aliphatic carbocycles. The molecule has 2 N–H and O–H groups in total. The van der Waals surface area contributed by atoms with Gasteiger partial charge in [0.2, 0.25) is 0 Å². The van der Waals surface area contributed by atoms with Gasteiger partial charge in [-0.1, -0.05) is 43.2 Å². The third kappa shape index (κ3) is 3.62. The maximum atomic E-state index is 12.7. The number of rotatable bonds is 5. The summed E-state index contributed by atoms with van der Waals surface area (Å²) in [6, 6.07) is 16.1. The molecule has 1 amide bonds. The number of aliphatic hydroxyl groups is 1. The lowest BCUT2D eigenvalue weighted by molar-refractivity contribution is 0.0296. The first kappa shape index (κ1) is 17.8. The summed E-state index contributed by atoms with van der Waals surface area (Å²) in [7, 11) is 1.81. The minimum atomic E-state index is -0.576. The lowest BCUT2D eigenvalue weighted by Gasteiger charge is -2.26. The molecule has 1 fully saturated rings. The average Bonchev–Trinajstić information content (AvgIpc) is 3.35. The summed E-state index contributed by atoms with van der Waals surface area (Å²) in [6.45, 7) is 0.582. The number of carbonyl (C=O) groups excluding carboxylic acids is 1. The topological polar surface area (TPSA) is 56.3 Å². The quantitative estimate of drug-likeness (QED) is 0.697. The van der Waals surface area contributed by atoms with Crippen molar-refractivity contribution >= 4 is 16.8 Å². The molecule has 4 rings (SSSR count). The fourth-order valence-corrected chi connectivity index (χ4v) is 4.10. The van der Waals surface area contributed by atoms with Crippen LogP contribution in [0.1, 0.15) is 42.5 Å². The van der Waals surface area contributed by atoms with E-state index in [9.17, 15) is 9.90 Å². The maximum Gasteiger partial charge on any atom is 0.253 e. The van der Waals surface area contributed by atoms with Gasteiger partial charge in [-0.3, -0.25) is 4.79 Å². The van der Waals surface area contributed by atoms with Crippen LogP contribution in [0.5, 0.6) is 0 Å². The highest BCUT2D eigenvalue weighted by molar-refractivity contribution is 5.97. The van der Waals surface area contributed by atoms with E-state index in [1.165, 1.54) is 5.39 Å². The lowest BCUT2D eigenvalue weighted by atomic mass is 9.97. The third-order valence-electron chi connectivity index (χ3n) is 5.82. The zero-order valence-electron chi connectivity index (χ0n) is 15.7. The minimum Gasteiger partial charge on any atom is -0.390 e. The Labute approximate surface area is 159 Å². The van der Waals surface area contributed by atoms with Crippen molar-refractivity contribution < 1.29 is 9.90 Å². The number of nitrogens with zero attached hydrogens (tertiary/aromatic N) is 1. The lowest BCUT2D eigenvalue weighted by Crippen LogP contribution is -2.34. The third-order valence-corrected chi connectivity index (χ3v) is 5.82. The zero-order chi connectivity index (χ0) is 18.9. The molecule has 0 saturated heterocycles. The number of carbonyl (C=O) groups is 1. The van der Waals surface area contributed by atoms with E-state index in [4.69, 9.17) is 0 Å². The molecule has 0 atom stereocenters. The van der Waals surface area contributed by atoms with E-state index in [1.807, 2.05) is 43.6 Å². The second kappa shape index (κ2) is 7.20. The van der Waals surface area contributed by atoms with E-state index >= 15 is 0 Å². The Hall–Kier alpha value is -2.59. The van der Waals surface area contributed by atoms with Crippen LogP contribution < -0.4 is 0 Å². The first-order valence-corrected chi connectivity index (χ1v) is 9.70. The molecule has 1 aromatic heterocycles. The molecular weight excluding hydrogens is 336 g/mol. The van der Waals surface area contributed by atoms with Crippen LogP contribution in [0.25, 0.3) is 22.0 Å². The van der Waals surface area contributed by atoms with E-state index in [-0.39, 0.29) is 5.91 Å². The second-order valence-electron chi connectivity index (χ2n) is 7.73. The molecular formula is C23H26N2O2. The van der Waals surface area contributed by atoms with Crippen LogP contribution in [0.15, 0.2) is 54.7 Å². The van der Waals surface area contributed by atoms with Gasteiger partial charge in [-0.25, -0.2) is 0 Å². The number of nitrogens with one attached hydrogen (secondary N) is 1. The van der Waals surface area contributed by atoms with Crippen molar-refractivity contribution in [1.82, 2.24) is 9.88 Å². The van der Waals surface area contributed by atoms with Crippen LogP contribution >= 0.6 is 0 Å². The predicted octanol–water partition coefficient (Wildman–Crippen LogP) is 4.60. The van der Waals surface area contributed by atoms with Crippen molar-refractivity contribution in [2.45, 2.75) is 37.7 Å². The van der Waals surface area contributed by atoms with Crippen LogP contribution in [-0.4, -0.2) is 40.1 Å². The van der Waals surface area contributed by atoms with Gasteiger partial charge in [0, 0.05) is 30.9 Å². The van der Waals surface area contributed by atoms with E-state index in [2.05, 4.69) is 23.2 Å². The Morgan fingerprint density at radius 1 is 1.11 bits per heavy atom. The molecule has 27 heavy (non-hydrogen) atoms. The standard InChI is InChI=1S/C23H26N2O2/c1-25(16-14-23(27)12-2-3-13-23)22(26)19-9-7-17(8-10-19)20-6-4-5-18-11-15-24-21(18)20/h4-11,15,24,27H,2-3,12-14,16H2,1H3. The van der Waals surface area contributed by atoms with Gasteiger partial charge in [0.05, 0.1) is 11.1 Å². The summed E-state index contributed by atoms with van der Waals surface area (Å²) in [5.41, 5.74) is 3.43. The van der Waals surface area contributed by atoms with Gasteiger partial charge < -0.3 is 15.0 Å². The summed E-state index contributed by atoms with van der Waals surface area (Å²) < 4.78 is 0. The highest BCUT2D eigenvalue weighted by Gasteiger charge is 2.31. The molecule has 140 valence electrons. The first-order valence-electron chi connectivity index (χ1n) is 9.70. The number of benzene rings is 2. The molecule has 2 aromatic carbocycles. The van der Waals surface area contributed by atoms with Gasteiger partial charge in [-0.15, -0.1) is 0 Å². The Balaban J connectivity index is 1.46. The van der Waals surface area contributed by atoms with Gasteiger partial charge >= 0.3 is 0 Å². The molecule has 0 unspecified atom stereocenters. The molecule has 0 bridgehead atoms. The van der Waals surface area contributed by atoms with Crippen LogP contribution in [0.3, 0.4) is 0 Å². The summed E-state index contributed by atoms with van der Waals surface area (Å²) in [4.78, 5) is 17.7. The maximum absolute atomic E-state index is 12.7. The monoisotopic (exact) mass is 362 g/mol. The molecule has 3 aromatic rings. The van der Waals surface area contributed by atoms with E-state index in [0.717, 1.165) is 42.3 Å². The van der Waals surface area contributed by atoms with Crippen LogP contribution in [0.2, 0.25) is 0 Å². The first-order chi connectivity index (χ1) is 13.1. The Kier molecular flexibility index (Phi) is 4.75. The van der Waals surface area contributed by atoms with Gasteiger partial charge in [0.25, 0.3) is 5.91 Å². The van der Waals surface area contributed by atoms with Crippen LogP contribution in [0, 0.1) is 0 Å². The van der Waals surface area contributed by atoms with Gasteiger partial charge in [0.1, 0.15) is 0 Å². The number of para-hydroxylation sites is 1. The van der Waals surface area contributed by atoms with Crippen molar-refractivity contribution in [3.05, 3.63) is 60.3 Å². The van der Waals surface area contributed by atoms with Gasteiger partial charge in [-0.05, 0) is 48.4 Å². The van der Waals surface area contributed by atoms with E-state index in [1.54, 1.807) is 4.90 Å². The number of amides is 1. The van der Waals surface area contributed by atoms with Crippen molar-refractivity contribution in [2.24, 2.45) is 0 Å². The number of aromatic amines is 1. The van der Waals surface area contributed by atoms with Crippen molar-refractivity contribution in [2.75, 3.05) is 13.6 Å². The Morgan fingerprint density at radius 3 is 2.59 bits per heavy atom. The summed E-state index contributed by atoms with van der Waals surface area (Å²) in [6.07, 6.45) is 6.48. The largest absolute Gasteiger partial charge is 0.390 e. The molecule has 1 heterocycles. The summed E-state index contributed by atoms with van der Waals surface area (Å²) in [5, 5.41) is 11.7. The highest BCUT2D eigenvalue weighted by Crippen LogP contribution is 2.32. The summed E-state index contributed by atoms with van der Waals surface area (Å²) >= 11 is 0. The number of hydrogen-bond donors (Lipinski definition) is 2. The Bertz CT molecular complexity index is 936. The molecule has 0 aliphatic heterocycles. The normalized spacial score (nSPS) is 15.9. The molecule has 4 nitrogen and oxygen atoms in total. The number of hydrogen-bond acceptors (Lipinski definition) is 2. The molecule has 1 aliphatic rings. The molecule has 0 radical (unpaired) electrons. The van der Waals surface area contributed by atoms with Crippen molar-refractivity contribution in [1.29, 1.82) is 0 Å². The minimum absolute atomic E-state index is 0.00114. The molecule has 0 spiro atoms. The van der Waals surface area contributed by atoms with E-state index < -0.39 is 5.60 Å². The van der Waals surface area contributed by atoms with E-state index in [0.29, 0.717) is 18.5 Å². The highest BCUT2D eigenvalue weighted by atomic mass is 16.3. The predicted molar refractivity (Wildman–Crippen MR) is 109 cm³/mol. The number of fused-ring (bicyclic) bond motifs is 1. The van der Waals surface area contributed by atoms with Crippen molar-refractivity contribution in [3.8, 4) is 11.1 Å². The van der Waals surface area contributed by atoms with Crippen molar-refractivity contribution in [3.63, 3.8) is 0 Å². The molecule has 1 saturated carbocycles. The summed E-state index contributed by atoms with van der Waals surface area (Å²) in [5.74, 6) is 0.00114. The Morgan fingerprint density at radius 2 is 1.85 bits per heavy atom. The SMILES string of the molecule is CN(CCC1(O)CCCC1)C(=O)c1ccc(-c2cccc3cc[nH]c23)cc1. The van der Waals surface area contributed by atoms with Crippen LogP contribution in [0.4, 0.5) is 0 Å². The molecule has 4 heteroatoms.